The zero-order chi connectivity index (χ0) is 13.0. The van der Waals surface area contributed by atoms with Crippen LogP contribution in [0.25, 0.3) is 0 Å². The van der Waals surface area contributed by atoms with Crippen molar-refractivity contribution in [2.45, 2.75) is 25.7 Å². The van der Waals surface area contributed by atoms with Gasteiger partial charge >= 0.3 is 0 Å². The normalized spacial score (nSPS) is 19.6. The Kier molecular flexibility index (Phi) is 4.37. The molecule has 0 radical (unpaired) electrons. The van der Waals surface area contributed by atoms with E-state index in [0.717, 1.165) is 32.5 Å². The Bertz CT molecular complexity index is 383. The standard InChI is InChI=1S/C15H22N2O/c1-12(13-5-3-2-4-6-13)11-17-9-7-14(8-10-17)15(16)18/h2-6,12,14H,7-11H2,1H3,(H2,16,18)/t12-/m1/s1. The van der Waals surface area contributed by atoms with E-state index in [1.807, 2.05) is 0 Å². The van der Waals surface area contributed by atoms with Crippen LogP contribution in [0.15, 0.2) is 30.3 Å². The van der Waals surface area contributed by atoms with E-state index in [4.69, 9.17) is 5.73 Å². The molecule has 0 spiro atoms. The van der Waals surface area contributed by atoms with E-state index in [0.29, 0.717) is 5.92 Å². The molecular formula is C15H22N2O. The summed E-state index contributed by atoms with van der Waals surface area (Å²) >= 11 is 0. The van der Waals surface area contributed by atoms with Crippen LogP contribution in [-0.2, 0) is 4.79 Å². The first-order valence-corrected chi connectivity index (χ1v) is 6.73. The lowest BCUT2D eigenvalue weighted by Crippen LogP contribution is -2.40. The first kappa shape index (κ1) is 13.1. The maximum absolute atomic E-state index is 11.1. The molecular weight excluding hydrogens is 224 g/mol. The second-order valence-electron chi connectivity index (χ2n) is 5.29. The van der Waals surface area contributed by atoms with Crippen LogP contribution < -0.4 is 5.73 Å². The summed E-state index contributed by atoms with van der Waals surface area (Å²) in [4.78, 5) is 13.5. The molecule has 0 bridgehead atoms. The van der Waals surface area contributed by atoms with Crippen molar-refractivity contribution in [3.63, 3.8) is 0 Å². The van der Waals surface area contributed by atoms with E-state index in [2.05, 4.69) is 42.2 Å². The minimum atomic E-state index is -0.134. The largest absolute Gasteiger partial charge is 0.369 e. The number of nitrogens with zero attached hydrogens (tertiary/aromatic N) is 1. The number of hydrogen-bond donors (Lipinski definition) is 1. The number of hydrogen-bond acceptors (Lipinski definition) is 2. The van der Waals surface area contributed by atoms with Crippen LogP contribution in [0.5, 0.6) is 0 Å². The van der Waals surface area contributed by atoms with Gasteiger partial charge in [0.05, 0.1) is 0 Å². The second-order valence-corrected chi connectivity index (χ2v) is 5.29. The molecule has 0 unspecified atom stereocenters. The van der Waals surface area contributed by atoms with Crippen molar-refractivity contribution >= 4 is 5.91 Å². The van der Waals surface area contributed by atoms with Crippen molar-refractivity contribution in [1.29, 1.82) is 0 Å². The lowest BCUT2D eigenvalue weighted by molar-refractivity contribution is -0.123. The first-order chi connectivity index (χ1) is 8.66. The molecule has 1 atom stereocenters. The Labute approximate surface area is 109 Å². The Morgan fingerprint density at radius 2 is 1.94 bits per heavy atom. The van der Waals surface area contributed by atoms with Gasteiger partial charge in [-0.3, -0.25) is 4.79 Å². The number of likely N-dealkylation sites (tertiary alicyclic amines) is 1. The highest BCUT2D eigenvalue weighted by Crippen LogP contribution is 2.21. The number of nitrogens with two attached hydrogens (primary N) is 1. The number of amides is 1. The van der Waals surface area contributed by atoms with Gasteiger partial charge in [0, 0.05) is 12.5 Å². The van der Waals surface area contributed by atoms with Gasteiger partial charge in [0.15, 0.2) is 0 Å². The average Bonchev–Trinajstić information content (AvgIpc) is 2.40. The number of benzene rings is 1. The van der Waals surface area contributed by atoms with Crippen LogP contribution in [0.2, 0.25) is 0 Å². The van der Waals surface area contributed by atoms with Gasteiger partial charge in [-0.05, 0) is 37.4 Å². The fourth-order valence-corrected chi connectivity index (χ4v) is 2.67. The molecule has 1 fully saturated rings. The molecule has 1 saturated heterocycles. The van der Waals surface area contributed by atoms with E-state index in [1.54, 1.807) is 0 Å². The highest BCUT2D eigenvalue weighted by molar-refractivity contribution is 5.76. The highest BCUT2D eigenvalue weighted by atomic mass is 16.1. The topological polar surface area (TPSA) is 46.3 Å². The predicted octanol–water partition coefficient (Wildman–Crippen LogP) is 1.99. The van der Waals surface area contributed by atoms with E-state index in [-0.39, 0.29) is 11.8 Å². The van der Waals surface area contributed by atoms with Gasteiger partial charge in [-0.1, -0.05) is 37.3 Å². The van der Waals surface area contributed by atoms with Gasteiger partial charge in [-0.25, -0.2) is 0 Å². The van der Waals surface area contributed by atoms with Crippen molar-refractivity contribution in [2.75, 3.05) is 19.6 Å². The van der Waals surface area contributed by atoms with Crippen molar-refractivity contribution in [3.05, 3.63) is 35.9 Å². The third-order valence-corrected chi connectivity index (χ3v) is 3.89. The minimum Gasteiger partial charge on any atom is -0.369 e. The average molecular weight is 246 g/mol. The molecule has 18 heavy (non-hydrogen) atoms. The molecule has 98 valence electrons. The molecule has 1 aromatic rings. The summed E-state index contributed by atoms with van der Waals surface area (Å²) in [5.41, 5.74) is 6.73. The zero-order valence-corrected chi connectivity index (χ0v) is 11.0. The Hall–Kier alpha value is -1.35. The molecule has 3 nitrogen and oxygen atoms in total. The van der Waals surface area contributed by atoms with Gasteiger partial charge in [0.2, 0.25) is 5.91 Å². The molecule has 3 heteroatoms. The summed E-state index contributed by atoms with van der Waals surface area (Å²) in [7, 11) is 0. The highest BCUT2D eigenvalue weighted by Gasteiger charge is 2.23. The molecule has 1 aromatic carbocycles. The lowest BCUT2D eigenvalue weighted by Gasteiger charge is -2.32. The Morgan fingerprint density at radius 1 is 1.33 bits per heavy atom. The molecule has 1 aliphatic rings. The van der Waals surface area contributed by atoms with Crippen LogP contribution in [0.1, 0.15) is 31.2 Å². The van der Waals surface area contributed by atoms with Gasteiger partial charge < -0.3 is 10.6 Å². The van der Waals surface area contributed by atoms with Crippen LogP contribution in [0, 0.1) is 5.92 Å². The SMILES string of the molecule is C[C@H](CN1CCC(C(N)=O)CC1)c1ccccc1. The molecule has 2 rings (SSSR count). The van der Waals surface area contributed by atoms with E-state index in [9.17, 15) is 4.79 Å². The van der Waals surface area contributed by atoms with Gasteiger partial charge in [0.25, 0.3) is 0 Å². The van der Waals surface area contributed by atoms with Crippen molar-refractivity contribution in [1.82, 2.24) is 4.90 Å². The number of carbonyl (C=O) groups is 1. The monoisotopic (exact) mass is 246 g/mol. The number of rotatable bonds is 4. The summed E-state index contributed by atoms with van der Waals surface area (Å²) < 4.78 is 0. The van der Waals surface area contributed by atoms with E-state index in [1.165, 1.54) is 5.56 Å². The first-order valence-electron chi connectivity index (χ1n) is 6.73. The predicted molar refractivity (Wildman–Crippen MR) is 73.2 cm³/mol. The summed E-state index contributed by atoms with van der Waals surface area (Å²) in [5, 5.41) is 0. The zero-order valence-electron chi connectivity index (χ0n) is 11.0. The second kappa shape index (κ2) is 6.01. The summed E-state index contributed by atoms with van der Waals surface area (Å²) in [5.74, 6) is 0.496. The van der Waals surface area contributed by atoms with Crippen molar-refractivity contribution in [2.24, 2.45) is 11.7 Å². The van der Waals surface area contributed by atoms with Gasteiger partial charge in [-0.15, -0.1) is 0 Å². The molecule has 0 aliphatic carbocycles. The summed E-state index contributed by atoms with van der Waals surface area (Å²) in [6.45, 7) is 5.31. The van der Waals surface area contributed by atoms with Gasteiger partial charge in [-0.2, -0.15) is 0 Å². The number of primary amides is 1. The Balaban J connectivity index is 1.83. The quantitative estimate of drug-likeness (QED) is 0.883. The smallest absolute Gasteiger partial charge is 0.220 e. The third kappa shape index (κ3) is 3.33. The van der Waals surface area contributed by atoms with E-state index >= 15 is 0 Å². The number of carbonyl (C=O) groups excluding carboxylic acids is 1. The molecule has 1 amide bonds. The summed E-state index contributed by atoms with van der Waals surface area (Å²) in [6, 6.07) is 10.6. The molecule has 1 aliphatic heterocycles. The fourth-order valence-electron chi connectivity index (χ4n) is 2.67. The minimum absolute atomic E-state index is 0.0910. The number of piperidine rings is 1. The molecule has 0 saturated carbocycles. The fraction of sp³-hybridized carbons (Fsp3) is 0.533. The molecule has 2 N–H and O–H groups in total. The van der Waals surface area contributed by atoms with Crippen LogP contribution in [0.3, 0.4) is 0 Å². The summed E-state index contributed by atoms with van der Waals surface area (Å²) in [6.07, 6.45) is 1.83. The van der Waals surface area contributed by atoms with Crippen LogP contribution in [-0.4, -0.2) is 30.4 Å². The maximum Gasteiger partial charge on any atom is 0.220 e. The van der Waals surface area contributed by atoms with Crippen molar-refractivity contribution in [3.8, 4) is 0 Å². The maximum atomic E-state index is 11.1. The van der Waals surface area contributed by atoms with Crippen molar-refractivity contribution < 1.29 is 4.79 Å². The lowest BCUT2D eigenvalue weighted by atomic mass is 9.94. The Morgan fingerprint density at radius 3 is 2.50 bits per heavy atom. The third-order valence-electron chi connectivity index (χ3n) is 3.89. The molecule has 1 heterocycles. The van der Waals surface area contributed by atoms with Crippen LogP contribution >= 0.6 is 0 Å². The van der Waals surface area contributed by atoms with Gasteiger partial charge in [0.1, 0.15) is 0 Å². The van der Waals surface area contributed by atoms with Crippen LogP contribution in [0.4, 0.5) is 0 Å². The molecule has 0 aromatic heterocycles. The van der Waals surface area contributed by atoms with E-state index < -0.39 is 0 Å².